The number of halogens is 3. The van der Waals surface area contributed by atoms with Crippen LogP contribution in [-0.4, -0.2) is 29.9 Å². The minimum Gasteiger partial charge on any atom is -0.365 e. The Morgan fingerprint density at radius 2 is 1.09 bits per heavy atom. The Labute approximate surface area is 330 Å². The highest BCUT2D eigenvalue weighted by molar-refractivity contribution is 9.10. The van der Waals surface area contributed by atoms with E-state index in [-0.39, 0.29) is 0 Å². The summed E-state index contributed by atoms with van der Waals surface area (Å²) in [7, 11) is 0. The van der Waals surface area contributed by atoms with Gasteiger partial charge in [-0.25, -0.2) is 9.97 Å². The summed E-state index contributed by atoms with van der Waals surface area (Å²) in [6.45, 7) is 5.16. The number of fused-ring (bicyclic) bond motifs is 2. The third kappa shape index (κ3) is 10.3. The van der Waals surface area contributed by atoms with Gasteiger partial charge in [-0.15, -0.1) is 0 Å². The summed E-state index contributed by atoms with van der Waals surface area (Å²) < 4.78 is 2.12. The molecule has 0 bridgehead atoms. The SMILES string of the molecule is Cc1cc(-c2ccc(CN)cn2)ccn1.Cc1cc(-c2ccc(CNc3nccc4cc(Br)ccc34)cn2)ccn1.Clc1nccc2cc(Br)ccc12. The fraction of sp³-hybridized carbons (Fsp3) is 0.0952. The second-order valence-electron chi connectivity index (χ2n) is 12.0. The molecule has 3 N–H and O–H groups in total. The van der Waals surface area contributed by atoms with Crippen molar-refractivity contribution in [1.82, 2.24) is 29.9 Å². The Hall–Kier alpha value is -5.13. The van der Waals surface area contributed by atoms with Crippen LogP contribution in [-0.2, 0) is 13.1 Å². The van der Waals surface area contributed by atoms with Crippen LogP contribution in [0, 0.1) is 13.8 Å². The number of aryl methyl sites for hydroxylation is 2. The zero-order valence-corrected chi connectivity index (χ0v) is 32.9. The Bertz CT molecular complexity index is 2460. The van der Waals surface area contributed by atoms with Gasteiger partial charge in [-0.3, -0.25) is 19.9 Å². The first-order valence-corrected chi connectivity index (χ1v) is 18.7. The maximum Gasteiger partial charge on any atom is 0.136 e. The number of benzene rings is 2. The molecular formula is C42H35Br2ClN8. The molecule has 0 radical (unpaired) electrons. The highest BCUT2D eigenvalue weighted by atomic mass is 79.9. The highest BCUT2D eigenvalue weighted by Crippen LogP contribution is 2.26. The fourth-order valence-corrected chi connectivity index (χ4v) is 6.40. The molecule has 6 aromatic heterocycles. The molecule has 0 amide bonds. The van der Waals surface area contributed by atoms with Gasteiger partial charge in [0.05, 0.1) is 11.4 Å². The van der Waals surface area contributed by atoms with Gasteiger partial charge in [0, 0.05) is 92.5 Å². The number of pyridine rings is 6. The molecule has 2 aromatic carbocycles. The van der Waals surface area contributed by atoms with Gasteiger partial charge in [-0.1, -0.05) is 61.7 Å². The molecule has 264 valence electrons. The topological polar surface area (TPSA) is 115 Å². The molecule has 6 heterocycles. The van der Waals surface area contributed by atoms with Crippen molar-refractivity contribution in [3.63, 3.8) is 0 Å². The number of rotatable bonds is 6. The summed E-state index contributed by atoms with van der Waals surface area (Å²) in [5, 5.41) is 8.32. The van der Waals surface area contributed by atoms with Gasteiger partial charge in [0.2, 0.25) is 0 Å². The van der Waals surface area contributed by atoms with Crippen molar-refractivity contribution in [3.05, 3.63) is 171 Å². The molecule has 0 aliphatic rings. The number of nitrogens with two attached hydrogens (primary N) is 1. The van der Waals surface area contributed by atoms with E-state index in [1.807, 2.05) is 117 Å². The molecule has 53 heavy (non-hydrogen) atoms. The first kappa shape index (κ1) is 37.6. The van der Waals surface area contributed by atoms with Crippen LogP contribution in [0.15, 0.2) is 143 Å². The van der Waals surface area contributed by atoms with Gasteiger partial charge in [0.25, 0.3) is 0 Å². The lowest BCUT2D eigenvalue weighted by Gasteiger charge is -2.09. The van der Waals surface area contributed by atoms with Crippen molar-refractivity contribution in [2.24, 2.45) is 5.73 Å². The molecule has 0 atom stereocenters. The van der Waals surface area contributed by atoms with Gasteiger partial charge >= 0.3 is 0 Å². The quantitative estimate of drug-likeness (QED) is 0.159. The number of hydrogen-bond acceptors (Lipinski definition) is 8. The second kappa shape index (κ2) is 18.1. The maximum atomic E-state index is 5.88. The molecule has 0 saturated carbocycles. The standard InChI is InChI=1S/C21H17BrN4.C12H13N3.C9H5BrClN/c1-14-10-17(7-8-23-14)20-5-2-15(12-25-20)13-26-21-19-4-3-18(22)11-16(19)6-9-24-21;1-9-6-11(4-5-14-9)12-3-2-10(7-13)8-15-12;10-7-1-2-8-6(5-7)3-4-12-9(8)11/h2-12H,13H2,1H3,(H,24,26);2-6,8H,7,13H2,1H3;1-5H. The molecule has 8 rings (SSSR count). The fourth-order valence-electron chi connectivity index (χ4n) is 5.41. The first-order chi connectivity index (χ1) is 25.7. The molecule has 0 spiro atoms. The van der Waals surface area contributed by atoms with Gasteiger partial charge in [0.1, 0.15) is 11.0 Å². The Morgan fingerprint density at radius 3 is 1.64 bits per heavy atom. The largest absolute Gasteiger partial charge is 0.365 e. The minimum atomic E-state index is 0.530. The van der Waals surface area contributed by atoms with E-state index in [1.165, 1.54) is 0 Å². The van der Waals surface area contributed by atoms with Gasteiger partial charge in [-0.2, -0.15) is 0 Å². The number of nitrogens with one attached hydrogen (secondary N) is 1. The van der Waals surface area contributed by atoms with Crippen LogP contribution in [0.25, 0.3) is 44.1 Å². The molecular weight excluding hydrogens is 812 g/mol. The van der Waals surface area contributed by atoms with Gasteiger partial charge in [0.15, 0.2) is 0 Å². The molecule has 8 nitrogen and oxygen atoms in total. The number of aromatic nitrogens is 6. The van der Waals surface area contributed by atoms with E-state index >= 15 is 0 Å². The average Bonchev–Trinajstić information content (AvgIpc) is 3.18. The van der Waals surface area contributed by atoms with E-state index in [0.29, 0.717) is 18.2 Å². The minimum absolute atomic E-state index is 0.530. The lowest BCUT2D eigenvalue weighted by molar-refractivity contribution is 1.05. The smallest absolute Gasteiger partial charge is 0.136 e. The summed E-state index contributed by atoms with van der Waals surface area (Å²) in [5.41, 5.74) is 13.7. The monoisotopic (exact) mass is 844 g/mol. The van der Waals surface area contributed by atoms with Crippen LogP contribution in [0.5, 0.6) is 0 Å². The van der Waals surface area contributed by atoms with Crippen molar-refractivity contribution in [2.75, 3.05) is 5.32 Å². The van der Waals surface area contributed by atoms with E-state index in [2.05, 4.69) is 85.3 Å². The summed E-state index contributed by atoms with van der Waals surface area (Å²) in [5.74, 6) is 0.879. The first-order valence-electron chi connectivity index (χ1n) is 16.7. The molecule has 0 saturated heterocycles. The van der Waals surface area contributed by atoms with Crippen molar-refractivity contribution < 1.29 is 0 Å². The van der Waals surface area contributed by atoms with Crippen LogP contribution in [0.2, 0.25) is 5.15 Å². The number of nitrogens with zero attached hydrogens (tertiary/aromatic N) is 6. The molecule has 0 aliphatic carbocycles. The lowest BCUT2D eigenvalue weighted by Crippen LogP contribution is -2.02. The number of anilines is 1. The molecule has 0 aliphatic heterocycles. The van der Waals surface area contributed by atoms with Crippen molar-refractivity contribution in [1.29, 1.82) is 0 Å². The van der Waals surface area contributed by atoms with Gasteiger partial charge in [-0.05, 0) is 115 Å². The molecule has 0 unspecified atom stereocenters. The molecule has 0 fully saturated rings. The normalized spacial score (nSPS) is 10.6. The summed E-state index contributed by atoms with van der Waals surface area (Å²) in [6, 6.07) is 32.2. The van der Waals surface area contributed by atoms with Crippen LogP contribution in [0.1, 0.15) is 22.5 Å². The Morgan fingerprint density at radius 1 is 0.566 bits per heavy atom. The number of hydrogen-bond donors (Lipinski definition) is 2. The van der Waals surface area contributed by atoms with E-state index in [4.69, 9.17) is 17.3 Å². The highest BCUT2D eigenvalue weighted by Gasteiger charge is 2.05. The third-order valence-corrected chi connectivity index (χ3v) is 9.42. The van der Waals surface area contributed by atoms with E-state index in [9.17, 15) is 0 Å². The maximum absolute atomic E-state index is 5.88. The lowest BCUT2D eigenvalue weighted by atomic mass is 10.1. The van der Waals surface area contributed by atoms with Crippen LogP contribution in [0.4, 0.5) is 5.82 Å². The van der Waals surface area contributed by atoms with E-state index in [1.54, 1.807) is 12.4 Å². The molecule has 11 heteroatoms. The zero-order valence-electron chi connectivity index (χ0n) is 29.0. The van der Waals surface area contributed by atoms with Crippen LogP contribution < -0.4 is 11.1 Å². The average molecular weight is 847 g/mol. The molecule has 8 aromatic rings. The third-order valence-electron chi connectivity index (χ3n) is 8.13. The van der Waals surface area contributed by atoms with E-state index < -0.39 is 0 Å². The second-order valence-corrected chi connectivity index (χ2v) is 14.2. The summed E-state index contributed by atoms with van der Waals surface area (Å²) in [6.07, 6.45) is 10.8. The van der Waals surface area contributed by atoms with Crippen molar-refractivity contribution >= 4 is 70.8 Å². The Kier molecular flexibility index (Phi) is 12.8. The van der Waals surface area contributed by atoms with Crippen molar-refractivity contribution in [3.8, 4) is 22.5 Å². The summed E-state index contributed by atoms with van der Waals surface area (Å²) >= 11 is 12.8. The predicted molar refractivity (Wildman–Crippen MR) is 224 cm³/mol. The summed E-state index contributed by atoms with van der Waals surface area (Å²) in [4.78, 5) is 25.8. The van der Waals surface area contributed by atoms with E-state index in [0.717, 1.165) is 81.3 Å². The van der Waals surface area contributed by atoms with Crippen molar-refractivity contribution in [2.45, 2.75) is 26.9 Å². The zero-order chi connectivity index (χ0) is 37.2. The van der Waals surface area contributed by atoms with Crippen LogP contribution >= 0.6 is 43.5 Å². The Balaban J connectivity index is 0.000000150. The predicted octanol–water partition coefficient (Wildman–Crippen LogP) is 10.9. The van der Waals surface area contributed by atoms with Gasteiger partial charge < -0.3 is 11.1 Å². The van der Waals surface area contributed by atoms with Crippen LogP contribution in [0.3, 0.4) is 0 Å².